The number of carbonyl (C=O) groups excluding carboxylic acids is 1. The van der Waals surface area contributed by atoms with Crippen molar-refractivity contribution in [3.05, 3.63) is 65.7 Å². The summed E-state index contributed by atoms with van der Waals surface area (Å²) in [6.45, 7) is 1.81. The largest absolute Gasteiger partial charge is 0.452 e. The molecule has 3 rings (SSSR count). The molecule has 0 bridgehead atoms. The molecular weight excluding hydrogens is 322 g/mol. The lowest BCUT2D eigenvalue weighted by molar-refractivity contribution is 0.0389. The van der Waals surface area contributed by atoms with E-state index in [0.29, 0.717) is 22.8 Å². The van der Waals surface area contributed by atoms with E-state index in [1.807, 2.05) is 55.5 Å². The van der Waals surface area contributed by atoms with Gasteiger partial charge in [-0.1, -0.05) is 36.4 Å². The van der Waals surface area contributed by atoms with Gasteiger partial charge in [0.2, 0.25) is 0 Å². The van der Waals surface area contributed by atoms with Gasteiger partial charge in [-0.15, -0.1) is 0 Å². The number of hydrazone groups is 1. The van der Waals surface area contributed by atoms with Crippen LogP contribution in [0.15, 0.2) is 59.7 Å². The van der Waals surface area contributed by atoms with E-state index in [2.05, 4.69) is 15.8 Å². The topological polar surface area (TPSA) is 62.7 Å². The Bertz CT molecular complexity index is 790. The molecule has 1 aliphatic heterocycles. The van der Waals surface area contributed by atoms with Crippen LogP contribution in [0.5, 0.6) is 0 Å². The zero-order chi connectivity index (χ0) is 16.9. The third kappa shape index (κ3) is 3.78. The van der Waals surface area contributed by atoms with Crippen molar-refractivity contribution in [2.45, 2.75) is 19.4 Å². The second-order valence-corrected chi connectivity index (χ2v) is 5.85. The maximum absolute atomic E-state index is 12.0. The molecule has 2 N–H and O–H groups in total. The minimum absolute atomic E-state index is 0.318. The second kappa shape index (κ2) is 7.23. The summed E-state index contributed by atoms with van der Waals surface area (Å²) in [7, 11) is 0. The standard InChI is InChI=1S/C18H17N3O2S/c1-12(20-21-18(24)19-14-8-3-2-4-9-14)16-11-13-7-5-6-10-15(13)17(22)23-16/h2-10,16H,11H2,1H3,(H2,19,21,24)/b20-12-/t16-/m0/s1. The van der Waals surface area contributed by atoms with Gasteiger partial charge in [0, 0.05) is 12.1 Å². The van der Waals surface area contributed by atoms with Gasteiger partial charge in [0.1, 0.15) is 6.10 Å². The minimum Gasteiger partial charge on any atom is -0.452 e. The highest BCUT2D eigenvalue weighted by molar-refractivity contribution is 7.80. The molecule has 0 aliphatic carbocycles. The van der Waals surface area contributed by atoms with Gasteiger partial charge in [-0.25, -0.2) is 4.79 Å². The maximum atomic E-state index is 12.0. The third-order valence-corrected chi connectivity index (χ3v) is 3.92. The average Bonchev–Trinajstić information content (AvgIpc) is 2.60. The Morgan fingerprint density at radius 1 is 1.17 bits per heavy atom. The number of cyclic esters (lactones) is 1. The van der Waals surface area contributed by atoms with Crippen molar-refractivity contribution in [2.24, 2.45) is 5.10 Å². The Balaban J connectivity index is 1.62. The molecule has 0 aromatic heterocycles. The van der Waals surface area contributed by atoms with Gasteiger partial charge in [0.15, 0.2) is 5.11 Å². The first-order chi connectivity index (χ1) is 11.6. The van der Waals surface area contributed by atoms with Crippen molar-refractivity contribution in [1.82, 2.24) is 5.43 Å². The third-order valence-electron chi connectivity index (χ3n) is 3.72. The van der Waals surface area contributed by atoms with Crippen molar-refractivity contribution in [2.75, 3.05) is 5.32 Å². The molecule has 2 aromatic rings. The monoisotopic (exact) mass is 339 g/mol. The Hall–Kier alpha value is -2.73. The predicted molar refractivity (Wildman–Crippen MR) is 98.3 cm³/mol. The zero-order valence-electron chi connectivity index (χ0n) is 13.2. The summed E-state index contributed by atoms with van der Waals surface area (Å²) >= 11 is 5.20. The fourth-order valence-electron chi connectivity index (χ4n) is 2.46. The fraction of sp³-hybridized carbons (Fsp3) is 0.167. The Morgan fingerprint density at radius 2 is 1.88 bits per heavy atom. The number of carbonyl (C=O) groups is 1. The number of rotatable bonds is 3. The first kappa shape index (κ1) is 16.1. The second-order valence-electron chi connectivity index (χ2n) is 5.44. The molecule has 2 aromatic carbocycles. The molecule has 24 heavy (non-hydrogen) atoms. The molecule has 0 spiro atoms. The van der Waals surface area contributed by atoms with E-state index < -0.39 is 0 Å². The van der Waals surface area contributed by atoms with Crippen LogP contribution >= 0.6 is 12.2 Å². The smallest absolute Gasteiger partial charge is 0.339 e. The van der Waals surface area contributed by atoms with Crippen LogP contribution < -0.4 is 10.7 Å². The molecular formula is C18H17N3O2S. The van der Waals surface area contributed by atoms with E-state index in [-0.39, 0.29) is 12.1 Å². The van der Waals surface area contributed by atoms with Gasteiger partial charge >= 0.3 is 5.97 Å². The Kier molecular flexibility index (Phi) is 4.86. The number of nitrogens with one attached hydrogen (secondary N) is 2. The molecule has 122 valence electrons. The number of hydrogen-bond acceptors (Lipinski definition) is 4. The van der Waals surface area contributed by atoms with Crippen LogP contribution in [0.3, 0.4) is 0 Å². The van der Waals surface area contributed by atoms with Gasteiger partial charge in [-0.2, -0.15) is 5.10 Å². The van der Waals surface area contributed by atoms with Crippen LogP contribution in [0, 0.1) is 0 Å². The van der Waals surface area contributed by atoms with E-state index in [0.717, 1.165) is 11.3 Å². The normalized spacial score (nSPS) is 16.8. The maximum Gasteiger partial charge on any atom is 0.339 e. The molecule has 0 unspecified atom stereocenters. The fourth-order valence-corrected chi connectivity index (χ4v) is 2.62. The van der Waals surface area contributed by atoms with Crippen LogP contribution in [-0.2, 0) is 11.2 Å². The lowest BCUT2D eigenvalue weighted by atomic mass is 9.97. The van der Waals surface area contributed by atoms with E-state index in [1.165, 1.54) is 0 Å². The van der Waals surface area contributed by atoms with E-state index in [4.69, 9.17) is 17.0 Å². The zero-order valence-corrected chi connectivity index (χ0v) is 14.0. The van der Waals surface area contributed by atoms with Crippen LogP contribution in [0.4, 0.5) is 5.69 Å². The summed E-state index contributed by atoms with van der Waals surface area (Å²) in [4.78, 5) is 12.0. The predicted octanol–water partition coefficient (Wildman–Crippen LogP) is 3.13. The molecule has 0 fully saturated rings. The van der Waals surface area contributed by atoms with Crippen molar-refractivity contribution in [3.63, 3.8) is 0 Å². The number of ether oxygens (including phenoxy) is 1. The van der Waals surface area contributed by atoms with Crippen molar-refractivity contribution in [1.29, 1.82) is 0 Å². The first-order valence-electron chi connectivity index (χ1n) is 7.58. The van der Waals surface area contributed by atoms with Crippen molar-refractivity contribution >= 4 is 34.7 Å². The van der Waals surface area contributed by atoms with Crippen molar-refractivity contribution in [3.8, 4) is 0 Å². The molecule has 1 heterocycles. The highest BCUT2D eigenvalue weighted by atomic mass is 32.1. The summed E-state index contributed by atoms with van der Waals surface area (Å²) < 4.78 is 5.45. The molecule has 1 aliphatic rings. The number of esters is 1. The molecule has 1 atom stereocenters. The molecule has 0 amide bonds. The number of nitrogens with zero attached hydrogens (tertiary/aromatic N) is 1. The highest BCUT2D eigenvalue weighted by Gasteiger charge is 2.27. The molecule has 0 saturated carbocycles. The van der Waals surface area contributed by atoms with E-state index >= 15 is 0 Å². The average molecular weight is 339 g/mol. The molecule has 6 heteroatoms. The lowest BCUT2D eigenvalue weighted by Gasteiger charge is -2.24. The van der Waals surface area contributed by atoms with Gasteiger partial charge in [0.05, 0.1) is 11.3 Å². The summed E-state index contributed by atoms with van der Waals surface area (Å²) in [5.41, 5.74) is 5.91. The minimum atomic E-state index is -0.389. The van der Waals surface area contributed by atoms with Gasteiger partial charge in [0.25, 0.3) is 0 Å². The number of para-hydroxylation sites is 1. The SMILES string of the molecule is C/C(=N/NC(=S)Nc1ccccc1)[C@@H]1Cc2ccccc2C(=O)O1. The summed E-state index contributed by atoms with van der Waals surface area (Å²) in [5, 5.41) is 7.64. The van der Waals surface area contributed by atoms with Crippen LogP contribution in [-0.4, -0.2) is 22.9 Å². The number of benzene rings is 2. The quantitative estimate of drug-likeness (QED) is 0.389. The molecule has 0 saturated heterocycles. The van der Waals surface area contributed by atoms with Crippen LogP contribution in [0.2, 0.25) is 0 Å². The summed E-state index contributed by atoms with van der Waals surface area (Å²) in [6, 6.07) is 17.0. The molecule has 0 radical (unpaired) electrons. The molecule has 5 nitrogen and oxygen atoms in total. The van der Waals surface area contributed by atoms with E-state index in [9.17, 15) is 4.79 Å². The Labute approximate surface area is 145 Å². The highest BCUT2D eigenvalue weighted by Crippen LogP contribution is 2.21. The van der Waals surface area contributed by atoms with Gasteiger partial charge < -0.3 is 10.1 Å². The van der Waals surface area contributed by atoms with Crippen LogP contribution in [0.1, 0.15) is 22.8 Å². The van der Waals surface area contributed by atoms with E-state index in [1.54, 1.807) is 6.07 Å². The number of anilines is 1. The summed E-state index contributed by atoms with van der Waals surface area (Å²) in [6.07, 6.45) is 0.220. The number of thiocarbonyl (C=S) groups is 1. The summed E-state index contributed by atoms with van der Waals surface area (Å²) in [5.74, 6) is -0.318. The Morgan fingerprint density at radius 3 is 2.67 bits per heavy atom. The van der Waals surface area contributed by atoms with Crippen molar-refractivity contribution < 1.29 is 9.53 Å². The van der Waals surface area contributed by atoms with Crippen LogP contribution in [0.25, 0.3) is 0 Å². The van der Waals surface area contributed by atoms with Gasteiger partial charge in [-0.3, -0.25) is 5.43 Å². The number of fused-ring (bicyclic) bond motifs is 1. The lowest BCUT2D eigenvalue weighted by Crippen LogP contribution is -2.35. The first-order valence-corrected chi connectivity index (χ1v) is 7.99. The van der Waals surface area contributed by atoms with Gasteiger partial charge in [-0.05, 0) is 42.9 Å². The number of hydrogen-bond donors (Lipinski definition) is 2.